The number of amides is 1. The van der Waals surface area contributed by atoms with Crippen LogP contribution in [-0.2, 0) is 9.53 Å². The Bertz CT molecular complexity index is 261. The number of hydrogen-bond acceptors (Lipinski definition) is 4. The fourth-order valence-corrected chi connectivity index (χ4v) is 1.46. The Labute approximate surface area is 109 Å². The molecule has 0 radical (unpaired) electrons. The summed E-state index contributed by atoms with van der Waals surface area (Å²) in [6.07, 6.45) is 0.809. The lowest BCUT2D eigenvalue weighted by molar-refractivity contribution is -0.125. The van der Waals surface area contributed by atoms with Crippen LogP contribution >= 0.6 is 12.2 Å². The molecule has 0 aliphatic carbocycles. The number of thiocarbonyl (C=S) groups is 1. The molecule has 3 N–H and O–H groups in total. The highest BCUT2D eigenvalue weighted by atomic mass is 32.1. The van der Waals surface area contributed by atoms with Crippen molar-refractivity contribution in [2.75, 3.05) is 27.3 Å². The summed E-state index contributed by atoms with van der Waals surface area (Å²) in [7, 11) is 3.48. The standard InChI is InChI=1S/C11H23N3O2S/c1-8(10(12)17)14(3)9(2)11(15)13-6-5-7-16-4/h8-9H,5-7H2,1-4H3,(H2,12,17)(H,13,15). The summed E-state index contributed by atoms with van der Waals surface area (Å²) in [6, 6.07) is -0.348. The molecule has 0 aromatic rings. The Kier molecular flexibility index (Phi) is 8.03. The molecule has 100 valence electrons. The van der Waals surface area contributed by atoms with Crippen molar-refractivity contribution in [1.82, 2.24) is 10.2 Å². The van der Waals surface area contributed by atoms with Crippen LogP contribution in [-0.4, -0.2) is 55.2 Å². The minimum absolute atomic E-state index is 0.0216. The van der Waals surface area contributed by atoms with Gasteiger partial charge in [0.15, 0.2) is 0 Å². The molecule has 0 aliphatic heterocycles. The first-order valence-electron chi connectivity index (χ1n) is 5.69. The van der Waals surface area contributed by atoms with Crippen LogP contribution < -0.4 is 11.1 Å². The van der Waals surface area contributed by atoms with Gasteiger partial charge in [0, 0.05) is 20.3 Å². The van der Waals surface area contributed by atoms with Gasteiger partial charge in [0.1, 0.15) is 0 Å². The highest BCUT2D eigenvalue weighted by Crippen LogP contribution is 2.03. The van der Waals surface area contributed by atoms with E-state index in [1.54, 1.807) is 7.11 Å². The molecule has 0 rings (SSSR count). The van der Waals surface area contributed by atoms with E-state index in [-0.39, 0.29) is 18.0 Å². The number of nitrogens with zero attached hydrogens (tertiary/aromatic N) is 1. The zero-order valence-electron chi connectivity index (χ0n) is 11.0. The molecule has 0 aromatic heterocycles. The Morgan fingerprint density at radius 3 is 2.53 bits per heavy atom. The molecule has 0 aliphatic rings. The monoisotopic (exact) mass is 261 g/mol. The van der Waals surface area contributed by atoms with Gasteiger partial charge in [-0.15, -0.1) is 0 Å². The minimum Gasteiger partial charge on any atom is -0.392 e. The first-order chi connectivity index (χ1) is 7.91. The van der Waals surface area contributed by atoms with Crippen molar-refractivity contribution in [3.05, 3.63) is 0 Å². The summed E-state index contributed by atoms with van der Waals surface area (Å²) >= 11 is 4.91. The van der Waals surface area contributed by atoms with Gasteiger partial charge in [0.2, 0.25) is 5.91 Å². The zero-order valence-corrected chi connectivity index (χ0v) is 11.8. The number of carbonyl (C=O) groups is 1. The van der Waals surface area contributed by atoms with Crippen LogP contribution in [0.5, 0.6) is 0 Å². The van der Waals surface area contributed by atoms with E-state index in [4.69, 9.17) is 22.7 Å². The van der Waals surface area contributed by atoms with E-state index in [1.807, 2.05) is 25.8 Å². The van der Waals surface area contributed by atoms with E-state index in [2.05, 4.69) is 5.32 Å². The molecule has 6 heteroatoms. The highest BCUT2D eigenvalue weighted by molar-refractivity contribution is 7.80. The average Bonchev–Trinajstić information content (AvgIpc) is 2.31. The van der Waals surface area contributed by atoms with Crippen molar-refractivity contribution in [1.29, 1.82) is 0 Å². The number of hydrogen-bond donors (Lipinski definition) is 2. The molecule has 0 spiro atoms. The number of methoxy groups -OCH3 is 1. The summed E-state index contributed by atoms with van der Waals surface area (Å²) in [4.78, 5) is 14.0. The van der Waals surface area contributed by atoms with Crippen molar-refractivity contribution >= 4 is 23.1 Å². The van der Waals surface area contributed by atoms with Gasteiger partial charge < -0.3 is 15.8 Å². The maximum absolute atomic E-state index is 11.8. The third-order valence-corrected chi connectivity index (χ3v) is 3.18. The van der Waals surface area contributed by atoms with Gasteiger partial charge in [-0.2, -0.15) is 0 Å². The molecule has 0 saturated heterocycles. The largest absolute Gasteiger partial charge is 0.392 e. The molecule has 0 heterocycles. The first kappa shape index (κ1) is 16.3. The molecule has 0 aromatic carbocycles. The minimum atomic E-state index is -0.256. The molecule has 0 bridgehead atoms. The summed E-state index contributed by atoms with van der Waals surface area (Å²) in [5, 5.41) is 2.85. The maximum Gasteiger partial charge on any atom is 0.237 e. The lowest BCUT2D eigenvalue weighted by atomic mass is 10.2. The number of likely N-dealkylation sites (N-methyl/N-ethyl adjacent to an activating group) is 1. The van der Waals surface area contributed by atoms with E-state index in [0.717, 1.165) is 6.42 Å². The van der Waals surface area contributed by atoms with Gasteiger partial charge in [-0.05, 0) is 27.3 Å². The topological polar surface area (TPSA) is 67.6 Å². The van der Waals surface area contributed by atoms with Crippen molar-refractivity contribution < 1.29 is 9.53 Å². The average molecular weight is 261 g/mol. The maximum atomic E-state index is 11.8. The molecule has 2 atom stereocenters. The van der Waals surface area contributed by atoms with Crippen molar-refractivity contribution in [3.63, 3.8) is 0 Å². The smallest absolute Gasteiger partial charge is 0.237 e. The Morgan fingerprint density at radius 2 is 2.06 bits per heavy atom. The van der Waals surface area contributed by atoms with Crippen LogP contribution in [0.25, 0.3) is 0 Å². The fourth-order valence-electron chi connectivity index (χ4n) is 1.30. The third-order valence-electron chi connectivity index (χ3n) is 2.84. The lowest BCUT2D eigenvalue weighted by Crippen LogP contribution is -2.50. The van der Waals surface area contributed by atoms with E-state index >= 15 is 0 Å². The van der Waals surface area contributed by atoms with E-state index in [0.29, 0.717) is 18.1 Å². The van der Waals surface area contributed by atoms with Crippen LogP contribution in [0.3, 0.4) is 0 Å². The van der Waals surface area contributed by atoms with Crippen molar-refractivity contribution in [3.8, 4) is 0 Å². The SMILES string of the molecule is COCCCNC(=O)C(C)N(C)C(C)C(N)=S. The quantitative estimate of drug-likeness (QED) is 0.480. The van der Waals surface area contributed by atoms with E-state index in [1.165, 1.54) is 0 Å². The number of carbonyl (C=O) groups excluding carboxylic acids is 1. The van der Waals surface area contributed by atoms with Crippen molar-refractivity contribution in [2.45, 2.75) is 32.4 Å². The summed E-state index contributed by atoms with van der Waals surface area (Å²) in [5.41, 5.74) is 5.56. The number of nitrogens with one attached hydrogen (secondary N) is 1. The normalized spacial score (nSPS) is 14.4. The summed E-state index contributed by atoms with van der Waals surface area (Å²) in [5.74, 6) is -0.0216. The lowest BCUT2D eigenvalue weighted by Gasteiger charge is -2.29. The van der Waals surface area contributed by atoms with E-state index < -0.39 is 0 Å². The van der Waals surface area contributed by atoms with Crippen LogP contribution in [0.2, 0.25) is 0 Å². The molecule has 0 saturated carbocycles. The molecular formula is C11H23N3O2S. The predicted octanol–water partition coefficient (Wildman–Crippen LogP) is 0.134. The first-order valence-corrected chi connectivity index (χ1v) is 6.10. The Morgan fingerprint density at radius 1 is 1.47 bits per heavy atom. The van der Waals surface area contributed by atoms with Gasteiger partial charge in [0.05, 0.1) is 17.1 Å². The number of nitrogens with two attached hydrogens (primary N) is 1. The fraction of sp³-hybridized carbons (Fsp3) is 0.818. The van der Waals surface area contributed by atoms with Gasteiger partial charge in [-0.3, -0.25) is 9.69 Å². The van der Waals surface area contributed by atoms with Gasteiger partial charge in [0.25, 0.3) is 0 Å². The molecule has 1 amide bonds. The molecule has 5 nitrogen and oxygen atoms in total. The molecular weight excluding hydrogens is 238 g/mol. The van der Waals surface area contributed by atoms with Crippen LogP contribution in [0, 0.1) is 0 Å². The summed E-state index contributed by atoms with van der Waals surface area (Å²) < 4.78 is 4.91. The second kappa shape index (κ2) is 8.38. The second-order valence-corrected chi connectivity index (χ2v) is 4.53. The zero-order chi connectivity index (χ0) is 13.4. The summed E-state index contributed by atoms with van der Waals surface area (Å²) in [6.45, 7) is 4.98. The van der Waals surface area contributed by atoms with E-state index in [9.17, 15) is 4.79 Å². The molecule has 0 fully saturated rings. The predicted molar refractivity (Wildman–Crippen MR) is 73.0 cm³/mol. The van der Waals surface area contributed by atoms with Gasteiger partial charge >= 0.3 is 0 Å². The van der Waals surface area contributed by atoms with Crippen LogP contribution in [0.15, 0.2) is 0 Å². The van der Waals surface area contributed by atoms with Crippen LogP contribution in [0.4, 0.5) is 0 Å². The third kappa shape index (κ3) is 5.95. The highest BCUT2D eigenvalue weighted by Gasteiger charge is 2.23. The van der Waals surface area contributed by atoms with Crippen LogP contribution in [0.1, 0.15) is 20.3 Å². The molecule has 2 unspecified atom stereocenters. The van der Waals surface area contributed by atoms with Gasteiger partial charge in [-0.1, -0.05) is 12.2 Å². The number of rotatable bonds is 8. The Balaban J connectivity index is 4.07. The number of ether oxygens (including phenoxy) is 1. The molecule has 17 heavy (non-hydrogen) atoms. The van der Waals surface area contributed by atoms with Crippen molar-refractivity contribution in [2.24, 2.45) is 5.73 Å². The second-order valence-electron chi connectivity index (χ2n) is 4.06. The van der Waals surface area contributed by atoms with Gasteiger partial charge in [-0.25, -0.2) is 0 Å². The Hall–Kier alpha value is -0.720.